The fourth-order valence-electron chi connectivity index (χ4n) is 2.64. The number of nitrogens with one attached hydrogen (secondary N) is 1. The minimum absolute atomic E-state index is 0.0462. The summed E-state index contributed by atoms with van der Waals surface area (Å²) in [5.41, 5.74) is 0.0320. The van der Waals surface area contributed by atoms with Crippen LogP contribution in [0.1, 0.15) is 16.8 Å². The van der Waals surface area contributed by atoms with Crippen LogP contribution in [0.4, 0.5) is 26.3 Å². The Bertz CT molecular complexity index is 1040. The molecule has 0 amide bonds. The average Bonchev–Trinajstić information content (AvgIpc) is 3.14. The second kappa shape index (κ2) is 8.66. The molecule has 0 aliphatic heterocycles. The maximum absolute atomic E-state index is 13.3. The molecule has 164 valence electrons. The van der Waals surface area contributed by atoms with E-state index in [1.807, 2.05) is 0 Å². The summed E-state index contributed by atoms with van der Waals surface area (Å²) in [6.07, 6.45) is -9.47. The molecule has 0 bridgehead atoms. The van der Waals surface area contributed by atoms with E-state index >= 15 is 0 Å². The zero-order valence-electron chi connectivity index (χ0n) is 15.6. The molecule has 6 nitrogen and oxygen atoms in total. The predicted octanol–water partition coefficient (Wildman–Crippen LogP) is 5.17. The molecule has 0 saturated heterocycles. The lowest BCUT2D eigenvalue weighted by Gasteiger charge is -2.13. The molecule has 3 aromatic rings. The standard InChI is InChI=1S/C19H14F6N4O2/c1-26-9-16-17(28-29-27-16)12-6-13(18(20,21)22)8-15(7-12)30-10-11-2-4-14(5-3-11)31-19(23,24)25/h2-8H,1,9-10H2,(H,27,28,29). The third-order valence-electron chi connectivity index (χ3n) is 3.95. The van der Waals surface area contributed by atoms with E-state index in [4.69, 9.17) is 4.74 Å². The number of aromatic amines is 1. The summed E-state index contributed by atoms with van der Waals surface area (Å²) in [6.45, 7) is 3.18. The molecule has 12 heteroatoms. The second-order valence-electron chi connectivity index (χ2n) is 6.22. The van der Waals surface area contributed by atoms with Crippen LogP contribution in [0.3, 0.4) is 0 Å². The lowest BCUT2D eigenvalue weighted by Crippen LogP contribution is -2.17. The molecule has 0 spiro atoms. The molecular formula is C19H14F6N4O2. The minimum atomic E-state index is -4.83. The van der Waals surface area contributed by atoms with Crippen molar-refractivity contribution in [2.75, 3.05) is 0 Å². The molecule has 0 radical (unpaired) electrons. The molecule has 0 fully saturated rings. The van der Waals surface area contributed by atoms with E-state index in [0.29, 0.717) is 11.3 Å². The largest absolute Gasteiger partial charge is 0.573 e. The highest BCUT2D eigenvalue weighted by atomic mass is 19.4. The summed E-state index contributed by atoms with van der Waals surface area (Å²) >= 11 is 0. The Labute approximate surface area is 171 Å². The van der Waals surface area contributed by atoms with Crippen LogP contribution in [-0.4, -0.2) is 28.5 Å². The summed E-state index contributed by atoms with van der Waals surface area (Å²) in [6, 6.07) is 7.83. The number of benzene rings is 2. The van der Waals surface area contributed by atoms with Gasteiger partial charge in [-0.15, -0.1) is 13.2 Å². The van der Waals surface area contributed by atoms with Crippen LogP contribution in [-0.2, 0) is 19.3 Å². The first-order valence-electron chi connectivity index (χ1n) is 8.57. The van der Waals surface area contributed by atoms with Gasteiger partial charge in [-0.1, -0.05) is 12.1 Å². The topological polar surface area (TPSA) is 72.4 Å². The highest BCUT2D eigenvalue weighted by Crippen LogP contribution is 2.36. The first kappa shape index (κ1) is 22.1. The number of hydrogen-bond acceptors (Lipinski definition) is 5. The van der Waals surface area contributed by atoms with Gasteiger partial charge in [-0.3, -0.25) is 4.99 Å². The Morgan fingerprint density at radius 3 is 2.26 bits per heavy atom. The molecule has 0 saturated carbocycles. The monoisotopic (exact) mass is 444 g/mol. The van der Waals surface area contributed by atoms with Crippen molar-refractivity contribution in [1.82, 2.24) is 15.4 Å². The van der Waals surface area contributed by atoms with E-state index in [-0.39, 0.29) is 30.2 Å². The van der Waals surface area contributed by atoms with Gasteiger partial charge in [0.2, 0.25) is 0 Å². The fourth-order valence-corrected chi connectivity index (χ4v) is 2.64. The Morgan fingerprint density at radius 2 is 1.65 bits per heavy atom. The van der Waals surface area contributed by atoms with E-state index in [9.17, 15) is 26.3 Å². The van der Waals surface area contributed by atoms with Gasteiger partial charge in [0.25, 0.3) is 0 Å². The van der Waals surface area contributed by atoms with Crippen molar-refractivity contribution in [3.63, 3.8) is 0 Å². The van der Waals surface area contributed by atoms with E-state index < -0.39 is 23.9 Å². The number of rotatable bonds is 7. The SMILES string of the molecule is C=NCc1n[nH]nc1-c1cc(OCc2ccc(OC(F)(F)F)cc2)cc(C(F)(F)F)c1. The van der Waals surface area contributed by atoms with E-state index in [0.717, 1.165) is 24.3 Å². The molecular weight excluding hydrogens is 430 g/mol. The van der Waals surface area contributed by atoms with Crippen LogP contribution in [0.2, 0.25) is 0 Å². The van der Waals surface area contributed by atoms with Crippen molar-refractivity contribution in [2.24, 2.45) is 4.99 Å². The van der Waals surface area contributed by atoms with Gasteiger partial charge in [-0.2, -0.15) is 28.6 Å². The molecule has 0 aliphatic rings. The van der Waals surface area contributed by atoms with Crippen LogP contribution in [0.5, 0.6) is 11.5 Å². The number of hydrogen-bond donors (Lipinski definition) is 1. The van der Waals surface area contributed by atoms with Gasteiger partial charge in [0.1, 0.15) is 29.5 Å². The molecule has 0 unspecified atom stereocenters. The Morgan fingerprint density at radius 1 is 0.935 bits per heavy atom. The van der Waals surface area contributed by atoms with Crippen molar-refractivity contribution in [3.05, 3.63) is 59.3 Å². The summed E-state index contributed by atoms with van der Waals surface area (Å²) < 4.78 is 85.9. The number of ether oxygens (including phenoxy) is 2. The lowest BCUT2D eigenvalue weighted by molar-refractivity contribution is -0.274. The summed E-state index contributed by atoms with van der Waals surface area (Å²) in [5.74, 6) is -0.534. The second-order valence-corrected chi connectivity index (χ2v) is 6.22. The average molecular weight is 444 g/mol. The molecule has 0 aliphatic carbocycles. The molecule has 1 aromatic heterocycles. The van der Waals surface area contributed by atoms with Gasteiger partial charge in [0.05, 0.1) is 12.1 Å². The van der Waals surface area contributed by atoms with Crippen molar-refractivity contribution >= 4 is 6.72 Å². The summed E-state index contributed by atoms with van der Waals surface area (Å²) in [7, 11) is 0. The molecule has 2 aromatic carbocycles. The number of alkyl halides is 6. The van der Waals surface area contributed by atoms with Crippen molar-refractivity contribution in [3.8, 4) is 22.8 Å². The van der Waals surface area contributed by atoms with Gasteiger partial charge in [0.15, 0.2) is 0 Å². The summed E-state index contributed by atoms with van der Waals surface area (Å²) in [5, 5.41) is 10.1. The Kier molecular flexibility index (Phi) is 6.18. The Hall–Kier alpha value is -3.57. The van der Waals surface area contributed by atoms with Crippen LogP contribution in [0.15, 0.2) is 47.5 Å². The maximum Gasteiger partial charge on any atom is 0.573 e. The van der Waals surface area contributed by atoms with Crippen molar-refractivity contribution in [1.29, 1.82) is 0 Å². The van der Waals surface area contributed by atoms with Gasteiger partial charge in [-0.05, 0) is 42.6 Å². The first-order chi connectivity index (χ1) is 14.5. The zero-order valence-corrected chi connectivity index (χ0v) is 15.6. The van der Waals surface area contributed by atoms with Crippen LogP contribution in [0.25, 0.3) is 11.3 Å². The molecule has 31 heavy (non-hydrogen) atoms. The quantitative estimate of drug-likeness (QED) is 0.403. The third kappa shape index (κ3) is 5.96. The van der Waals surface area contributed by atoms with Crippen LogP contribution in [0, 0.1) is 0 Å². The molecule has 3 rings (SSSR count). The highest BCUT2D eigenvalue weighted by Gasteiger charge is 2.32. The number of halogens is 6. The summed E-state index contributed by atoms with van der Waals surface area (Å²) in [4.78, 5) is 3.66. The molecule has 1 heterocycles. The zero-order chi connectivity index (χ0) is 22.6. The maximum atomic E-state index is 13.3. The van der Waals surface area contributed by atoms with Crippen LogP contribution >= 0.6 is 0 Å². The third-order valence-corrected chi connectivity index (χ3v) is 3.95. The van der Waals surface area contributed by atoms with Crippen molar-refractivity contribution < 1.29 is 35.8 Å². The van der Waals surface area contributed by atoms with Gasteiger partial charge < -0.3 is 9.47 Å². The minimum Gasteiger partial charge on any atom is -0.489 e. The van der Waals surface area contributed by atoms with Gasteiger partial charge >= 0.3 is 12.5 Å². The Balaban J connectivity index is 1.83. The van der Waals surface area contributed by atoms with Gasteiger partial charge in [-0.25, -0.2) is 0 Å². The number of aromatic nitrogens is 3. The lowest BCUT2D eigenvalue weighted by atomic mass is 10.1. The number of aliphatic imine (C=N–C) groups is 1. The van der Waals surface area contributed by atoms with Crippen LogP contribution < -0.4 is 9.47 Å². The first-order valence-corrected chi connectivity index (χ1v) is 8.57. The number of nitrogens with zero attached hydrogens (tertiary/aromatic N) is 3. The van der Waals surface area contributed by atoms with E-state index in [1.165, 1.54) is 18.2 Å². The smallest absolute Gasteiger partial charge is 0.489 e. The van der Waals surface area contributed by atoms with Crippen molar-refractivity contribution in [2.45, 2.75) is 25.7 Å². The van der Waals surface area contributed by atoms with Gasteiger partial charge in [0, 0.05) is 5.56 Å². The highest BCUT2D eigenvalue weighted by molar-refractivity contribution is 5.64. The molecule has 1 N–H and O–H groups in total. The number of H-pyrrole nitrogens is 1. The van der Waals surface area contributed by atoms with E-state index in [1.54, 1.807) is 0 Å². The predicted molar refractivity (Wildman–Crippen MR) is 97.5 cm³/mol. The normalized spacial score (nSPS) is 11.9. The fraction of sp³-hybridized carbons (Fsp3) is 0.211. The van der Waals surface area contributed by atoms with E-state index in [2.05, 4.69) is 31.9 Å². The molecule has 0 atom stereocenters.